The summed E-state index contributed by atoms with van der Waals surface area (Å²) in [6.45, 7) is 7.07. The molecule has 8 heteroatoms. The molecule has 0 radical (unpaired) electrons. The number of halogens is 1. The Morgan fingerprint density at radius 3 is 2.21 bits per heavy atom. The summed E-state index contributed by atoms with van der Waals surface area (Å²) in [5.74, 6) is 1.29. The number of hydrogen-bond acceptors (Lipinski definition) is 4. The number of carbonyl (C=O) groups excluding carboxylic acids is 2. The van der Waals surface area contributed by atoms with Crippen LogP contribution in [-0.2, 0) is 15.1 Å². The Kier molecular flexibility index (Phi) is 7.22. The highest BCUT2D eigenvalue weighted by Gasteiger charge is 2.45. The lowest BCUT2D eigenvalue weighted by Gasteiger charge is -2.42. The molecule has 0 unspecified atom stereocenters. The predicted octanol–water partition coefficient (Wildman–Crippen LogP) is 1.88. The van der Waals surface area contributed by atoms with E-state index in [0.29, 0.717) is 19.0 Å². The second-order valence-corrected chi connectivity index (χ2v) is 8.81. The van der Waals surface area contributed by atoms with Crippen molar-refractivity contribution in [1.29, 1.82) is 0 Å². The molecule has 29 heavy (non-hydrogen) atoms. The molecule has 0 spiro atoms. The number of likely N-dealkylation sites (tertiary alicyclic amines) is 2. The van der Waals surface area contributed by atoms with Crippen LogP contribution in [0.1, 0.15) is 45.4 Å². The third kappa shape index (κ3) is 4.45. The lowest BCUT2D eigenvalue weighted by atomic mass is 9.85. The Bertz CT molecular complexity index is 673. The van der Waals surface area contributed by atoms with E-state index in [9.17, 15) is 9.59 Å². The van der Waals surface area contributed by atoms with Crippen molar-refractivity contribution in [2.24, 2.45) is 11.8 Å². The molecule has 1 aromatic rings. The number of nitrogens with one attached hydrogen (secondary N) is 1. The first kappa shape index (κ1) is 22.1. The van der Waals surface area contributed by atoms with Gasteiger partial charge in [-0.2, -0.15) is 5.10 Å². The van der Waals surface area contributed by atoms with Crippen molar-refractivity contribution >= 4 is 24.2 Å². The van der Waals surface area contributed by atoms with Crippen molar-refractivity contribution < 1.29 is 9.59 Å². The SMILES string of the molecule is CC1CCN(C(=O)C2CCN(C(=O)C3(n4cccn4)CCNCC3)CC2)CC1.Cl. The minimum absolute atomic E-state index is 0. The van der Waals surface area contributed by atoms with Crippen LogP contribution in [0.3, 0.4) is 0 Å². The lowest BCUT2D eigenvalue weighted by Crippen LogP contribution is -2.57. The molecule has 3 fully saturated rings. The van der Waals surface area contributed by atoms with Gasteiger partial charge >= 0.3 is 0 Å². The van der Waals surface area contributed by atoms with Crippen LogP contribution in [0.2, 0.25) is 0 Å². The quantitative estimate of drug-likeness (QED) is 0.805. The Morgan fingerprint density at radius 1 is 1.00 bits per heavy atom. The van der Waals surface area contributed by atoms with Crippen LogP contribution in [-0.4, -0.2) is 70.7 Å². The van der Waals surface area contributed by atoms with Gasteiger partial charge in [0.25, 0.3) is 5.91 Å². The summed E-state index contributed by atoms with van der Waals surface area (Å²) < 4.78 is 1.86. The van der Waals surface area contributed by atoms with Crippen molar-refractivity contribution in [3.8, 4) is 0 Å². The Morgan fingerprint density at radius 2 is 1.62 bits per heavy atom. The van der Waals surface area contributed by atoms with Crippen LogP contribution in [0, 0.1) is 11.8 Å². The molecule has 0 saturated carbocycles. The first-order valence-corrected chi connectivity index (χ1v) is 10.9. The zero-order valence-electron chi connectivity index (χ0n) is 17.4. The molecular formula is C21H34ClN5O2. The van der Waals surface area contributed by atoms with Crippen molar-refractivity contribution in [3.05, 3.63) is 18.5 Å². The fourth-order valence-corrected chi connectivity index (χ4v) is 5.01. The summed E-state index contributed by atoms with van der Waals surface area (Å²) in [6, 6.07) is 1.89. The fraction of sp³-hybridized carbons (Fsp3) is 0.762. The summed E-state index contributed by atoms with van der Waals surface area (Å²) in [6.07, 6.45) is 8.98. The second-order valence-electron chi connectivity index (χ2n) is 8.81. The first-order valence-electron chi connectivity index (χ1n) is 10.9. The van der Waals surface area contributed by atoms with E-state index in [1.54, 1.807) is 6.20 Å². The van der Waals surface area contributed by atoms with Gasteiger partial charge in [-0.15, -0.1) is 12.4 Å². The zero-order valence-corrected chi connectivity index (χ0v) is 18.2. The number of carbonyl (C=O) groups is 2. The molecule has 4 rings (SSSR count). The maximum Gasteiger partial charge on any atom is 0.250 e. The maximum atomic E-state index is 13.5. The zero-order chi connectivity index (χ0) is 19.6. The van der Waals surface area contributed by atoms with E-state index < -0.39 is 5.54 Å². The molecule has 1 aromatic heterocycles. The normalized spacial score (nSPS) is 23.5. The summed E-state index contributed by atoms with van der Waals surface area (Å²) in [4.78, 5) is 30.5. The molecule has 4 heterocycles. The molecule has 3 aliphatic rings. The number of aromatic nitrogens is 2. The summed E-state index contributed by atoms with van der Waals surface area (Å²) in [5.41, 5.74) is -0.575. The molecule has 0 atom stereocenters. The van der Waals surface area contributed by atoms with Crippen LogP contribution in [0.25, 0.3) is 0 Å². The van der Waals surface area contributed by atoms with E-state index in [0.717, 1.165) is 70.6 Å². The van der Waals surface area contributed by atoms with E-state index in [2.05, 4.69) is 22.2 Å². The van der Waals surface area contributed by atoms with Gasteiger partial charge in [0.2, 0.25) is 5.91 Å². The van der Waals surface area contributed by atoms with Crippen LogP contribution in [0.4, 0.5) is 0 Å². The van der Waals surface area contributed by atoms with Crippen molar-refractivity contribution in [1.82, 2.24) is 24.9 Å². The fourth-order valence-electron chi connectivity index (χ4n) is 5.01. The third-order valence-electron chi connectivity index (χ3n) is 7.00. The summed E-state index contributed by atoms with van der Waals surface area (Å²) in [7, 11) is 0. The molecule has 0 aromatic carbocycles. The second kappa shape index (κ2) is 9.47. The van der Waals surface area contributed by atoms with Crippen LogP contribution < -0.4 is 5.32 Å². The molecule has 1 N–H and O–H groups in total. The van der Waals surface area contributed by atoms with Gasteiger partial charge in [0.05, 0.1) is 0 Å². The van der Waals surface area contributed by atoms with Gasteiger partial charge in [0.1, 0.15) is 5.54 Å². The summed E-state index contributed by atoms with van der Waals surface area (Å²) in [5, 5.41) is 7.78. The Balaban J connectivity index is 0.00000240. The molecule has 0 aliphatic carbocycles. The van der Waals surface area contributed by atoms with E-state index in [1.807, 2.05) is 21.8 Å². The van der Waals surface area contributed by atoms with Crippen molar-refractivity contribution in [3.63, 3.8) is 0 Å². The van der Waals surface area contributed by atoms with Gasteiger partial charge in [-0.25, -0.2) is 0 Å². The standard InChI is InChI=1S/C21H33N5O2.ClH/c1-17-3-13-24(14-4-17)19(27)18-5-15-25(16-6-18)20(28)21(7-10-22-11-8-21)26-12-2-9-23-26;/h2,9,12,17-18,22H,3-8,10-11,13-16H2,1H3;1H. The number of piperidine rings is 3. The third-order valence-corrected chi connectivity index (χ3v) is 7.00. The van der Waals surface area contributed by atoms with Crippen molar-refractivity contribution in [2.45, 2.75) is 51.0 Å². The average Bonchev–Trinajstić information content (AvgIpc) is 3.29. The molecule has 3 saturated heterocycles. The molecule has 3 aliphatic heterocycles. The van der Waals surface area contributed by atoms with E-state index in [-0.39, 0.29) is 24.2 Å². The van der Waals surface area contributed by atoms with Gasteiger partial charge < -0.3 is 15.1 Å². The highest BCUT2D eigenvalue weighted by Crippen LogP contribution is 2.32. The molecular weight excluding hydrogens is 390 g/mol. The molecule has 162 valence electrons. The highest BCUT2D eigenvalue weighted by molar-refractivity contribution is 5.86. The molecule has 0 bridgehead atoms. The van der Waals surface area contributed by atoms with E-state index >= 15 is 0 Å². The van der Waals surface area contributed by atoms with Gasteiger partial charge in [0, 0.05) is 44.5 Å². The van der Waals surface area contributed by atoms with Crippen LogP contribution in [0.15, 0.2) is 18.5 Å². The Labute approximate surface area is 179 Å². The number of nitrogens with zero attached hydrogens (tertiary/aromatic N) is 4. The monoisotopic (exact) mass is 423 g/mol. The van der Waals surface area contributed by atoms with E-state index in [1.165, 1.54) is 0 Å². The summed E-state index contributed by atoms with van der Waals surface area (Å²) >= 11 is 0. The highest BCUT2D eigenvalue weighted by atomic mass is 35.5. The largest absolute Gasteiger partial charge is 0.342 e. The maximum absolute atomic E-state index is 13.5. The number of rotatable bonds is 3. The van der Waals surface area contributed by atoms with Gasteiger partial charge in [-0.05, 0) is 63.6 Å². The van der Waals surface area contributed by atoms with Crippen LogP contribution in [0.5, 0.6) is 0 Å². The number of hydrogen-bond donors (Lipinski definition) is 1. The lowest BCUT2D eigenvalue weighted by molar-refractivity contribution is -0.148. The van der Waals surface area contributed by atoms with Gasteiger partial charge in [0.15, 0.2) is 0 Å². The van der Waals surface area contributed by atoms with E-state index in [4.69, 9.17) is 0 Å². The van der Waals surface area contributed by atoms with Gasteiger partial charge in [-0.1, -0.05) is 6.92 Å². The smallest absolute Gasteiger partial charge is 0.250 e. The topological polar surface area (TPSA) is 70.5 Å². The molecule has 2 amide bonds. The molecule has 7 nitrogen and oxygen atoms in total. The Hall–Kier alpha value is -1.60. The van der Waals surface area contributed by atoms with Crippen LogP contribution >= 0.6 is 12.4 Å². The minimum Gasteiger partial charge on any atom is -0.342 e. The average molecular weight is 424 g/mol. The minimum atomic E-state index is -0.575. The van der Waals surface area contributed by atoms with Gasteiger partial charge in [-0.3, -0.25) is 14.3 Å². The predicted molar refractivity (Wildman–Crippen MR) is 114 cm³/mol. The number of amides is 2. The van der Waals surface area contributed by atoms with Crippen molar-refractivity contribution in [2.75, 3.05) is 39.3 Å². The first-order chi connectivity index (χ1) is 13.6.